The van der Waals surface area contributed by atoms with E-state index in [4.69, 9.17) is 4.98 Å². The summed E-state index contributed by atoms with van der Waals surface area (Å²) in [5.74, 6) is 1.96. The Hall–Kier alpha value is -3.04. The molecule has 1 aliphatic heterocycles. The fourth-order valence-corrected chi connectivity index (χ4v) is 4.87. The number of rotatable bonds is 5. The summed E-state index contributed by atoms with van der Waals surface area (Å²) in [5.41, 5.74) is 2.86. The Labute approximate surface area is 178 Å². The SMILES string of the molecule is OCC1CCC(NC2=C(c3nc4ccncc4s3)CN=C(Nc3cccnc3)N2)C1. The van der Waals surface area contributed by atoms with Crippen molar-refractivity contribution in [1.82, 2.24) is 25.6 Å². The summed E-state index contributed by atoms with van der Waals surface area (Å²) in [5, 5.41) is 20.8. The molecular formula is C21H23N7OS. The van der Waals surface area contributed by atoms with E-state index >= 15 is 0 Å². The van der Waals surface area contributed by atoms with Crippen LogP contribution >= 0.6 is 11.3 Å². The maximum Gasteiger partial charge on any atom is 0.201 e. The number of thiazole rings is 1. The average Bonchev–Trinajstić information content (AvgIpc) is 3.41. The number of aromatic nitrogens is 3. The van der Waals surface area contributed by atoms with Gasteiger partial charge in [0.15, 0.2) is 0 Å². The smallest absolute Gasteiger partial charge is 0.201 e. The molecule has 154 valence electrons. The number of pyridine rings is 2. The van der Waals surface area contributed by atoms with Gasteiger partial charge in [0, 0.05) is 36.8 Å². The molecule has 1 saturated carbocycles. The third-order valence-electron chi connectivity index (χ3n) is 5.46. The maximum atomic E-state index is 9.50. The number of guanidine groups is 1. The van der Waals surface area contributed by atoms with E-state index in [0.717, 1.165) is 51.6 Å². The minimum Gasteiger partial charge on any atom is -0.396 e. The van der Waals surface area contributed by atoms with E-state index in [9.17, 15) is 5.11 Å². The van der Waals surface area contributed by atoms with Gasteiger partial charge in [-0.05, 0) is 43.4 Å². The third-order valence-corrected chi connectivity index (χ3v) is 6.53. The highest BCUT2D eigenvalue weighted by molar-refractivity contribution is 7.19. The minimum absolute atomic E-state index is 0.248. The van der Waals surface area contributed by atoms with Crippen LogP contribution in [0.5, 0.6) is 0 Å². The number of nitrogens with zero attached hydrogens (tertiary/aromatic N) is 4. The van der Waals surface area contributed by atoms with Gasteiger partial charge in [-0.15, -0.1) is 11.3 Å². The normalized spacial score (nSPS) is 21.4. The molecule has 4 heterocycles. The zero-order chi connectivity index (χ0) is 20.3. The van der Waals surface area contributed by atoms with Crippen LogP contribution in [-0.4, -0.2) is 45.2 Å². The molecule has 4 N–H and O–H groups in total. The van der Waals surface area contributed by atoms with Crippen molar-refractivity contribution in [2.75, 3.05) is 18.5 Å². The van der Waals surface area contributed by atoms with Gasteiger partial charge in [0.1, 0.15) is 10.8 Å². The van der Waals surface area contributed by atoms with Crippen molar-refractivity contribution in [3.8, 4) is 0 Å². The molecule has 0 radical (unpaired) electrons. The lowest BCUT2D eigenvalue weighted by Gasteiger charge is -2.25. The molecule has 8 nitrogen and oxygen atoms in total. The Morgan fingerprint density at radius 3 is 2.90 bits per heavy atom. The molecule has 0 saturated heterocycles. The van der Waals surface area contributed by atoms with Crippen molar-refractivity contribution in [2.45, 2.75) is 25.3 Å². The number of hydrogen-bond acceptors (Lipinski definition) is 9. The highest BCUT2D eigenvalue weighted by Crippen LogP contribution is 2.31. The van der Waals surface area contributed by atoms with Crippen LogP contribution in [0.15, 0.2) is 53.8 Å². The second-order valence-electron chi connectivity index (χ2n) is 7.58. The number of anilines is 1. The molecule has 2 unspecified atom stereocenters. The monoisotopic (exact) mass is 421 g/mol. The van der Waals surface area contributed by atoms with Gasteiger partial charge < -0.3 is 21.1 Å². The van der Waals surface area contributed by atoms with Crippen LogP contribution in [0.4, 0.5) is 5.69 Å². The van der Waals surface area contributed by atoms with Gasteiger partial charge in [-0.2, -0.15) is 0 Å². The summed E-state index contributed by atoms with van der Waals surface area (Å²) in [6, 6.07) is 6.08. The molecular weight excluding hydrogens is 398 g/mol. The van der Waals surface area contributed by atoms with Gasteiger partial charge in [-0.25, -0.2) is 9.98 Å². The summed E-state index contributed by atoms with van der Waals surface area (Å²) in [6.45, 7) is 0.763. The number of aliphatic hydroxyl groups is 1. The van der Waals surface area contributed by atoms with E-state index in [2.05, 4.69) is 30.9 Å². The molecule has 1 aliphatic carbocycles. The van der Waals surface area contributed by atoms with Crippen LogP contribution in [0.2, 0.25) is 0 Å². The summed E-state index contributed by atoms with van der Waals surface area (Å²) in [4.78, 5) is 17.8. The van der Waals surface area contributed by atoms with E-state index in [0.29, 0.717) is 24.5 Å². The molecule has 9 heteroatoms. The van der Waals surface area contributed by atoms with E-state index < -0.39 is 0 Å². The zero-order valence-corrected chi connectivity index (χ0v) is 17.2. The van der Waals surface area contributed by atoms with Crippen LogP contribution in [0.1, 0.15) is 24.3 Å². The Morgan fingerprint density at radius 1 is 1.17 bits per heavy atom. The first-order valence-electron chi connectivity index (χ1n) is 10.1. The van der Waals surface area contributed by atoms with Crippen LogP contribution in [0.3, 0.4) is 0 Å². The highest BCUT2D eigenvalue weighted by atomic mass is 32.1. The van der Waals surface area contributed by atoms with Gasteiger partial charge in [-0.3, -0.25) is 9.97 Å². The predicted octanol–water partition coefficient (Wildman–Crippen LogP) is 2.58. The molecule has 0 spiro atoms. The van der Waals surface area contributed by atoms with Gasteiger partial charge in [0.25, 0.3) is 0 Å². The van der Waals surface area contributed by atoms with Gasteiger partial charge >= 0.3 is 0 Å². The Bertz CT molecular complexity index is 1060. The lowest BCUT2D eigenvalue weighted by Crippen LogP contribution is -2.42. The number of hydrogen-bond donors (Lipinski definition) is 4. The van der Waals surface area contributed by atoms with Crippen molar-refractivity contribution in [1.29, 1.82) is 0 Å². The Kier molecular flexibility index (Phi) is 5.29. The second kappa shape index (κ2) is 8.37. The first-order chi connectivity index (χ1) is 14.8. The first-order valence-corrected chi connectivity index (χ1v) is 10.9. The molecule has 2 atom stereocenters. The maximum absolute atomic E-state index is 9.50. The van der Waals surface area contributed by atoms with E-state index in [1.165, 1.54) is 0 Å². The number of fused-ring (bicyclic) bond motifs is 1. The molecule has 0 bridgehead atoms. The van der Waals surface area contributed by atoms with Crippen molar-refractivity contribution >= 4 is 38.8 Å². The van der Waals surface area contributed by atoms with Crippen molar-refractivity contribution in [3.05, 3.63) is 53.8 Å². The van der Waals surface area contributed by atoms with E-state index in [1.54, 1.807) is 29.9 Å². The zero-order valence-electron chi connectivity index (χ0n) is 16.4. The molecule has 2 aliphatic rings. The van der Waals surface area contributed by atoms with Crippen LogP contribution in [-0.2, 0) is 0 Å². The molecule has 0 aromatic carbocycles. The average molecular weight is 422 g/mol. The Morgan fingerprint density at radius 2 is 2.10 bits per heavy atom. The topological polar surface area (TPSA) is 107 Å². The summed E-state index contributed by atoms with van der Waals surface area (Å²) in [7, 11) is 0. The second-order valence-corrected chi connectivity index (χ2v) is 8.61. The molecule has 0 amide bonds. The van der Waals surface area contributed by atoms with E-state index in [-0.39, 0.29) is 6.61 Å². The van der Waals surface area contributed by atoms with Gasteiger partial charge in [0.2, 0.25) is 5.96 Å². The number of nitrogens with one attached hydrogen (secondary N) is 3. The fourth-order valence-electron chi connectivity index (χ4n) is 3.90. The van der Waals surface area contributed by atoms with Crippen LogP contribution < -0.4 is 16.0 Å². The summed E-state index contributed by atoms with van der Waals surface area (Å²) < 4.78 is 1.06. The quantitative estimate of drug-likeness (QED) is 0.502. The molecule has 1 fully saturated rings. The molecule has 5 rings (SSSR count). The predicted molar refractivity (Wildman–Crippen MR) is 119 cm³/mol. The summed E-state index contributed by atoms with van der Waals surface area (Å²) >= 11 is 1.62. The Balaban J connectivity index is 1.42. The van der Waals surface area contributed by atoms with Crippen molar-refractivity contribution in [3.63, 3.8) is 0 Å². The number of aliphatic hydroxyl groups excluding tert-OH is 1. The first kappa shape index (κ1) is 19.0. The van der Waals surface area contributed by atoms with Crippen LogP contribution in [0.25, 0.3) is 15.8 Å². The molecule has 3 aromatic rings. The lowest BCUT2D eigenvalue weighted by atomic mass is 10.1. The summed E-state index contributed by atoms with van der Waals surface area (Å²) in [6.07, 6.45) is 10.2. The van der Waals surface area contributed by atoms with Crippen molar-refractivity contribution < 1.29 is 5.11 Å². The van der Waals surface area contributed by atoms with Gasteiger partial charge in [0.05, 0.1) is 28.6 Å². The van der Waals surface area contributed by atoms with Crippen LogP contribution in [0, 0.1) is 5.92 Å². The minimum atomic E-state index is 0.248. The largest absolute Gasteiger partial charge is 0.396 e. The molecule has 3 aromatic heterocycles. The van der Waals surface area contributed by atoms with Gasteiger partial charge in [-0.1, -0.05) is 0 Å². The van der Waals surface area contributed by atoms with Crippen molar-refractivity contribution in [2.24, 2.45) is 10.9 Å². The standard InChI is InChI=1S/C21H23N7OS/c29-12-13-3-4-14(8-13)25-19-16(20-27-17-5-7-23-11-18(17)30-20)10-24-21(28-19)26-15-2-1-6-22-9-15/h1-2,5-7,9,11,13-14,25,29H,3-4,8,10,12H2,(H2,24,26,28). The fraction of sp³-hybridized carbons (Fsp3) is 0.333. The highest BCUT2D eigenvalue weighted by Gasteiger charge is 2.27. The third kappa shape index (κ3) is 3.99. The lowest BCUT2D eigenvalue weighted by molar-refractivity contribution is 0.228. The van der Waals surface area contributed by atoms with E-state index in [1.807, 2.05) is 24.4 Å². The molecule has 30 heavy (non-hydrogen) atoms. The number of aliphatic imine (C=N–C) groups is 1.